The Kier molecular flexibility index (Phi) is 7.22. The average molecular weight is 479 g/mol. The molecule has 36 heavy (non-hydrogen) atoms. The Labute approximate surface area is 211 Å². The second-order valence-electron chi connectivity index (χ2n) is 9.02. The van der Waals surface area contributed by atoms with Gasteiger partial charge in [0.15, 0.2) is 0 Å². The van der Waals surface area contributed by atoms with Crippen molar-refractivity contribution in [1.82, 2.24) is 14.9 Å². The number of rotatable bonds is 8. The summed E-state index contributed by atoms with van der Waals surface area (Å²) >= 11 is 0. The van der Waals surface area contributed by atoms with Crippen molar-refractivity contribution in [3.05, 3.63) is 102 Å². The lowest BCUT2D eigenvalue weighted by Crippen LogP contribution is -2.38. The van der Waals surface area contributed by atoms with Gasteiger partial charge < -0.3 is 14.8 Å². The topological polar surface area (TPSA) is 67.2 Å². The summed E-state index contributed by atoms with van der Waals surface area (Å²) in [6, 6.07) is 25.8. The van der Waals surface area contributed by atoms with E-state index in [-0.39, 0.29) is 18.4 Å². The highest BCUT2D eigenvalue weighted by Gasteiger charge is 2.23. The molecule has 1 aliphatic heterocycles. The van der Waals surface area contributed by atoms with Gasteiger partial charge in [0.1, 0.15) is 12.4 Å². The van der Waals surface area contributed by atoms with Crippen LogP contribution in [0.2, 0.25) is 0 Å². The summed E-state index contributed by atoms with van der Waals surface area (Å²) in [6.45, 7) is 1.52. The number of carbonyl (C=O) groups excluding carboxylic acids is 2. The number of hydrogen-bond acceptors (Lipinski definition) is 3. The van der Waals surface area contributed by atoms with E-state index >= 15 is 0 Å². The van der Waals surface area contributed by atoms with E-state index in [9.17, 15) is 9.59 Å². The number of fused-ring (bicyclic) bond motifs is 2. The monoisotopic (exact) mass is 478 g/mol. The number of para-hydroxylation sites is 3. The molecule has 6 nitrogen and oxygen atoms in total. The van der Waals surface area contributed by atoms with Crippen molar-refractivity contribution < 1.29 is 9.59 Å². The average Bonchev–Trinajstić information content (AvgIpc) is 3.27. The molecule has 1 N–H and O–H groups in total. The lowest BCUT2D eigenvalue weighted by atomic mass is 10.0. The van der Waals surface area contributed by atoms with Gasteiger partial charge in [0.05, 0.1) is 11.0 Å². The van der Waals surface area contributed by atoms with Gasteiger partial charge in [-0.2, -0.15) is 0 Å². The molecule has 0 radical (unpaired) electrons. The van der Waals surface area contributed by atoms with Crippen LogP contribution in [0.3, 0.4) is 0 Å². The first-order valence-electron chi connectivity index (χ1n) is 12.5. The molecule has 1 aromatic heterocycles. The Hall–Kier alpha value is -4.19. The lowest BCUT2D eigenvalue weighted by molar-refractivity contribution is -0.119. The molecule has 0 spiro atoms. The minimum atomic E-state index is -0.119. The molecular formula is C30H30N4O2. The Morgan fingerprint density at radius 3 is 2.61 bits per heavy atom. The fourth-order valence-corrected chi connectivity index (χ4v) is 4.76. The highest BCUT2D eigenvalue weighted by atomic mass is 16.2. The third-order valence-corrected chi connectivity index (χ3v) is 6.54. The first kappa shape index (κ1) is 23.5. The summed E-state index contributed by atoms with van der Waals surface area (Å²) in [5.41, 5.74) is 5.08. The third-order valence-electron chi connectivity index (χ3n) is 6.54. The van der Waals surface area contributed by atoms with E-state index in [1.165, 1.54) is 5.56 Å². The summed E-state index contributed by atoms with van der Waals surface area (Å²) in [6.07, 6.45) is 6.74. The Bertz CT molecular complexity index is 1390. The van der Waals surface area contributed by atoms with E-state index in [2.05, 4.69) is 11.4 Å². The number of amides is 2. The van der Waals surface area contributed by atoms with Crippen molar-refractivity contribution in [1.29, 1.82) is 0 Å². The summed E-state index contributed by atoms with van der Waals surface area (Å²) in [7, 11) is 0. The third kappa shape index (κ3) is 5.38. The van der Waals surface area contributed by atoms with Gasteiger partial charge in [-0.15, -0.1) is 0 Å². The zero-order chi connectivity index (χ0) is 24.7. The highest BCUT2D eigenvalue weighted by molar-refractivity contribution is 5.95. The van der Waals surface area contributed by atoms with Gasteiger partial charge in [-0.3, -0.25) is 9.59 Å². The van der Waals surface area contributed by atoms with Gasteiger partial charge >= 0.3 is 0 Å². The van der Waals surface area contributed by atoms with Crippen LogP contribution in [0.4, 0.5) is 5.69 Å². The number of anilines is 1. The molecule has 0 atom stereocenters. The van der Waals surface area contributed by atoms with Crippen molar-refractivity contribution in [2.75, 3.05) is 18.0 Å². The van der Waals surface area contributed by atoms with Gasteiger partial charge in [-0.25, -0.2) is 4.98 Å². The number of aryl methyl sites for hydroxylation is 2. The predicted molar refractivity (Wildman–Crippen MR) is 144 cm³/mol. The fourth-order valence-electron chi connectivity index (χ4n) is 4.76. The first-order valence-corrected chi connectivity index (χ1v) is 12.5. The number of benzene rings is 3. The molecule has 0 saturated carbocycles. The molecule has 4 aromatic rings. The minimum absolute atomic E-state index is 0.0749. The van der Waals surface area contributed by atoms with Crippen LogP contribution in [-0.2, 0) is 29.0 Å². The SMILES string of the molecule is O=C(/C=C\c1ccccc1)NCCCc1nc2ccccc2n1CC(=O)N1CCCc2ccccc21. The second-order valence-corrected chi connectivity index (χ2v) is 9.02. The van der Waals surface area contributed by atoms with Gasteiger partial charge in [0.25, 0.3) is 0 Å². The van der Waals surface area contributed by atoms with Crippen molar-refractivity contribution in [3.63, 3.8) is 0 Å². The van der Waals surface area contributed by atoms with Crippen molar-refractivity contribution >= 4 is 34.6 Å². The molecule has 0 unspecified atom stereocenters. The Morgan fingerprint density at radius 1 is 0.944 bits per heavy atom. The molecule has 0 aliphatic carbocycles. The fraction of sp³-hybridized carbons (Fsp3) is 0.233. The van der Waals surface area contributed by atoms with Gasteiger partial charge in [-0.1, -0.05) is 60.7 Å². The van der Waals surface area contributed by atoms with Crippen LogP contribution in [0.25, 0.3) is 17.1 Å². The van der Waals surface area contributed by atoms with Gasteiger partial charge in [0, 0.05) is 31.3 Å². The molecule has 5 rings (SSSR count). The Balaban J connectivity index is 1.24. The van der Waals surface area contributed by atoms with Crippen molar-refractivity contribution in [2.24, 2.45) is 0 Å². The van der Waals surface area contributed by atoms with Crippen LogP contribution in [0, 0.1) is 0 Å². The summed E-state index contributed by atoms with van der Waals surface area (Å²) < 4.78 is 2.03. The van der Waals surface area contributed by atoms with Crippen LogP contribution < -0.4 is 10.2 Å². The molecule has 0 saturated heterocycles. The zero-order valence-corrected chi connectivity index (χ0v) is 20.3. The number of nitrogens with one attached hydrogen (secondary N) is 1. The van der Waals surface area contributed by atoms with Crippen LogP contribution in [-0.4, -0.2) is 34.5 Å². The van der Waals surface area contributed by atoms with E-state index < -0.39 is 0 Å². The summed E-state index contributed by atoms with van der Waals surface area (Å²) in [5.74, 6) is 0.820. The molecule has 0 bridgehead atoms. The number of carbonyl (C=O) groups is 2. The van der Waals surface area contributed by atoms with Crippen LogP contribution in [0.5, 0.6) is 0 Å². The first-order chi connectivity index (χ1) is 17.7. The van der Waals surface area contributed by atoms with Crippen molar-refractivity contribution in [3.8, 4) is 0 Å². The minimum Gasteiger partial charge on any atom is -0.353 e. The molecule has 0 fully saturated rings. The largest absolute Gasteiger partial charge is 0.353 e. The number of aromatic nitrogens is 2. The number of hydrogen-bond donors (Lipinski definition) is 1. The van der Waals surface area contributed by atoms with E-state index in [4.69, 9.17) is 4.98 Å². The molecule has 2 heterocycles. The summed E-state index contributed by atoms with van der Waals surface area (Å²) in [4.78, 5) is 32.4. The smallest absolute Gasteiger partial charge is 0.246 e. The highest BCUT2D eigenvalue weighted by Crippen LogP contribution is 2.27. The maximum atomic E-state index is 13.4. The van der Waals surface area contributed by atoms with E-state index in [0.29, 0.717) is 13.0 Å². The van der Waals surface area contributed by atoms with Crippen molar-refractivity contribution in [2.45, 2.75) is 32.2 Å². The second kappa shape index (κ2) is 11.0. The normalized spacial score (nSPS) is 13.2. The molecule has 2 amide bonds. The zero-order valence-electron chi connectivity index (χ0n) is 20.3. The quantitative estimate of drug-likeness (QED) is 0.293. The predicted octanol–water partition coefficient (Wildman–Crippen LogP) is 4.78. The molecule has 6 heteroatoms. The number of imidazole rings is 1. The molecule has 182 valence electrons. The van der Waals surface area contributed by atoms with Gasteiger partial charge in [0.2, 0.25) is 11.8 Å². The van der Waals surface area contributed by atoms with E-state index in [1.54, 1.807) is 12.2 Å². The molecule has 3 aromatic carbocycles. The molecule has 1 aliphatic rings. The Morgan fingerprint density at radius 2 is 1.72 bits per heavy atom. The van der Waals surface area contributed by atoms with Crippen LogP contribution >= 0.6 is 0 Å². The maximum absolute atomic E-state index is 13.4. The standard InChI is InChI=1S/C30H30N4O2/c35-29(19-18-23-10-2-1-3-11-23)31-20-8-17-28-32-25-14-5-7-16-27(25)34(28)22-30(36)33-21-9-13-24-12-4-6-15-26(24)33/h1-7,10-12,14-16,18-19H,8-9,13,17,20-22H2,(H,31,35)/b19-18-. The summed E-state index contributed by atoms with van der Waals surface area (Å²) in [5, 5.41) is 2.94. The van der Waals surface area contributed by atoms with Crippen LogP contribution in [0.1, 0.15) is 29.8 Å². The van der Waals surface area contributed by atoms with E-state index in [1.807, 2.05) is 82.3 Å². The van der Waals surface area contributed by atoms with E-state index in [0.717, 1.165) is 53.9 Å². The van der Waals surface area contributed by atoms with Crippen LogP contribution in [0.15, 0.2) is 84.9 Å². The number of nitrogens with zero attached hydrogens (tertiary/aromatic N) is 3. The van der Waals surface area contributed by atoms with Gasteiger partial charge in [-0.05, 0) is 54.7 Å². The lowest BCUT2D eigenvalue weighted by Gasteiger charge is -2.29. The maximum Gasteiger partial charge on any atom is 0.246 e. The molecular weight excluding hydrogens is 448 g/mol.